The molecule has 0 heterocycles. The Bertz CT molecular complexity index is 441. The molecule has 1 rings (SSSR count). The van der Waals surface area contributed by atoms with Crippen LogP contribution in [0.2, 0.25) is 0 Å². The summed E-state index contributed by atoms with van der Waals surface area (Å²) in [5.74, 6) is -0.978. The van der Waals surface area contributed by atoms with Gasteiger partial charge in [0.15, 0.2) is 0 Å². The van der Waals surface area contributed by atoms with Crippen LogP contribution in [0, 0.1) is 5.82 Å². The number of rotatable bonds is 2. The van der Waals surface area contributed by atoms with Gasteiger partial charge in [0.25, 0.3) is 0 Å². The maximum Gasteiger partial charge on any atom is 0.339 e. The number of benzene rings is 1. The van der Waals surface area contributed by atoms with Gasteiger partial charge in [0.2, 0.25) is 0 Å². The van der Waals surface area contributed by atoms with Crippen LogP contribution >= 0.6 is 11.8 Å². The first-order valence-corrected chi connectivity index (χ1v) is 5.92. The van der Waals surface area contributed by atoms with Crippen LogP contribution in [0.5, 0.6) is 0 Å². The van der Waals surface area contributed by atoms with Crippen molar-refractivity contribution < 1.29 is 13.9 Å². The lowest BCUT2D eigenvalue weighted by Gasteiger charge is -2.18. The molecule has 0 radical (unpaired) electrons. The molecule has 0 aliphatic carbocycles. The molecule has 0 spiro atoms. The van der Waals surface area contributed by atoms with Crippen LogP contribution in [0.1, 0.15) is 31.1 Å². The minimum atomic E-state index is -0.557. The van der Waals surface area contributed by atoms with E-state index in [1.807, 2.05) is 20.8 Å². The van der Waals surface area contributed by atoms with Gasteiger partial charge in [0, 0.05) is 15.3 Å². The summed E-state index contributed by atoms with van der Waals surface area (Å²) < 4.78 is 18.1. The van der Waals surface area contributed by atoms with Crippen molar-refractivity contribution in [3.63, 3.8) is 0 Å². The topological polar surface area (TPSA) is 52.3 Å². The van der Waals surface area contributed by atoms with Crippen molar-refractivity contribution in [1.29, 1.82) is 0 Å². The zero-order chi connectivity index (χ0) is 13.2. The maximum absolute atomic E-state index is 13.7. The van der Waals surface area contributed by atoms with E-state index in [0.29, 0.717) is 4.90 Å². The van der Waals surface area contributed by atoms with Crippen LogP contribution in [0.25, 0.3) is 0 Å². The summed E-state index contributed by atoms with van der Waals surface area (Å²) in [6.45, 7) is 5.89. The second kappa shape index (κ2) is 4.96. The average Bonchev–Trinajstić information content (AvgIpc) is 2.19. The highest BCUT2D eigenvalue weighted by Crippen LogP contribution is 2.35. The number of esters is 1. The summed E-state index contributed by atoms with van der Waals surface area (Å²) in [6, 6.07) is 2.59. The van der Waals surface area contributed by atoms with E-state index in [9.17, 15) is 9.18 Å². The fourth-order valence-corrected chi connectivity index (χ4v) is 2.26. The first-order chi connectivity index (χ1) is 7.74. The van der Waals surface area contributed by atoms with Crippen molar-refractivity contribution >= 4 is 23.4 Å². The van der Waals surface area contributed by atoms with Crippen molar-refractivity contribution in [1.82, 2.24) is 0 Å². The van der Waals surface area contributed by atoms with Gasteiger partial charge in [0.1, 0.15) is 5.82 Å². The predicted molar refractivity (Wildman–Crippen MR) is 67.8 cm³/mol. The zero-order valence-electron chi connectivity index (χ0n) is 10.3. The molecule has 0 saturated heterocycles. The molecule has 94 valence electrons. The monoisotopic (exact) mass is 257 g/mol. The number of hydrogen-bond acceptors (Lipinski definition) is 4. The summed E-state index contributed by atoms with van der Waals surface area (Å²) in [4.78, 5) is 11.8. The molecular formula is C12H16FNO2S. The van der Waals surface area contributed by atoms with Crippen molar-refractivity contribution in [3.05, 3.63) is 23.5 Å². The third kappa shape index (κ3) is 3.63. The maximum atomic E-state index is 13.7. The Labute approximate surface area is 105 Å². The second-order valence-corrected chi connectivity index (χ2v) is 6.44. The number of nitrogens with two attached hydrogens (primary N) is 1. The fourth-order valence-electron chi connectivity index (χ4n) is 1.26. The van der Waals surface area contributed by atoms with E-state index < -0.39 is 11.8 Å². The third-order valence-electron chi connectivity index (χ3n) is 1.93. The van der Waals surface area contributed by atoms with Gasteiger partial charge in [-0.3, -0.25) is 0 Å². The lowest BCUT2D eigenvalue weighted by molar-refractivity contribution is 0.0601. The molecule has 0 amide bonds. The minimum Gasteiger partial charge on any atom is -0.465 e. The summed E-state index contributed by atoms with van der Waals surface area (Å²) in [6.07, 6.45) is 0. The molecule has 5 heteroatoms. The van der Waals surface area contributed by atoms with Crippen molar-refractivity contribution in [2.45, 2.75) is 30.4 Å². The number of carbonyl (C=O) groups is 1. The third-order valence-corrected chi connectivity index (χ3v) is 3.07. The molecule has 0 unspecified atom stereocenters. The number of methoxy groups -OCH3 is 1. The van der Waals surface area contributed by atoms with Gasteiger partial charge in [-0.25, -0.2) is 9.18 Å². The second-order valence-electron chi connectivity index (χ2n) is 4.58. The number of halogens is 1. The zero-order valence-corrected chi connectivity index (χ0v) is 11.2. The van der Waals surface area contributed by atoms with Gasteiger partial charge in [-0.15, -0.1) is 11.8 Å². The van der Waals surface area contributed by atoms with E-state index in [4.69, 9.17) is 5.73 Å². The van der Waals surface area contributed by atoms with Crippen LogP contribution in [-0.2, 0) is 4.74 Å². The first-order valence-electron chi connectivity index (χ1n) is 5.11. The highest BCUT2D eigenvalue weighted by Gasteiger charge is 2.19. The minimum absolute atomic E-state index is 0.0904. The molecule has 0 aromatic heterocycles. The van der Waals surface area contributed by atoms with E-state index in [0.717, 1.165) is 6.07 Å². The van der Waals surface area contributed by atoms with Gasteiger partial charge in [0.05, 0.1) is 12.7 Å². The Morgan fingerprint density at radius 1 is 1.41 bits per heavy atom. The predicted octanol–water partition coefficient (Wildman–Crippen LogP) is 3.09. The number of carbonyl (C=O) groups excluding carboxylic acids is 1. The van der Waals surface area contributed by atoms with E-state index >= 15 is 0 Å². The fraction of sp³-hybridized carbons (Fsp3) is 0.417. The van der Waals surface area contributed by atoms with Crippen LogP contribution in [0.4, 0.5) is 10.1 Å². The molecule has 0 saturated carbocycles. The SMILES string of the molecule is COC(=O)c1cc(SC(C)(C)C)c(F)cc1N. The largest absolute Gasteiger partial charge is 0.465 e. The van der Waals surface area contributed by atoms with E-state index in [1.165, 1.54) is 24.9 Å². The summed E-state index contributed by atoms with van der Waals surface area (Å²) in [5.41, 5.74) is 5.87. The Morgan fingerprint density at radius 3 is 2.47 bits per heavy atom. The lowest BCUT2D eigenvalue weighted by Crippen LogP contribution is -2.10. The molecule has 0 bridgehead atoms. The highest BCUT2D eigenvalue weighted by molar-refractivity contribution is 8.00. The van der Waals surface area contributed by atoms with Gasteiger partial charge in [-0.1, -0.05) is 20.8 Å². The van der Waals surface area contributed by atoms with Crippen LogP contribution < -0.4 is 5.73 Å². The average molecular weight is 257 g/mol. The Balaban J connectivity index is 3.19. The number of anilines is 1. The molecule has 1 aromatic rings. The molecule has 0 aliphatic heterocycles. The van der Waals surface area contributed by atoms with Gasteiger partial charge in [-0.05, 0) is 12.1 Å². The Hall–Kier alpha value is -1.23. The lowest BCUT2D eigenvalue weighted by atomic mass is 10.2. The number of ether oxygens (including phenoxy) is 1. The van der Waals surface area contributed by atoms with E-state index in [-0.39, 0.29) is 16.0 Å². The molecule has 3 nitrogen and oxygen atoms in total. The van der Waals surface area contributed by atoms with Gasteiger partial charge < -0.3 is 10.5 Å². The standard InChI is InChI=1S/C12H16FNO2S/c1-12(2,3)17-10-5-7(11(15)16-4)9(14)6-8(10)13/h5-6H,14H2,1-4H3. The first kappa shape index (κ1) is 13.8. The molecule has 17 heavy (non-hydrogen) atoms. The number of nitrogen functional groups attached to an aromatic ring is 1. The van der Waals surface area contributed by atoms with Crippen molar-refractivity contribution in [2.75, 3.05) is 12.8 Å². The Morgan fingerprint density at radius 2 is 2.00 bits per heavy atom. The molecule has 1 aromatic carbocycles. The van der Waals surface area contributed by atoms with Crippen LogP contribution in [-0.4, -0.2) is 17.8 Å². The van der Waals surface area contributed by atoms with Crippen LogP contribution in [0.3, 0.4) is 0 Å². The molecule has 0 fully saturated rings. The molecule has 2 N–H and O–H groups in total. The van der Waals surface area contributed by atoms with Crippen molar-refractivity contribution in [2.24, 2.45) is 0 Å². The highest BCUT2D eigenvalue weighted by atomic mass is 32.2. The number of hydrogen-bond donors (Lipinski definition) is 1. The smallest absolute Gasteiger partial charge is 0.339 e. The number of thioether (sulfide) groups is 1. The van der Waals surface area contributed by atoms with E-state index in [2.05, 4.69) is 4.74 Å². The summed E-state index contributed by atoms with van der Waals surface area (Å²) in [7, 11) is 1.27. The van der Waals surface area contributed by atoms with Crippen LogP contribution in [0.15, 0.2) is 17.0 Å². The summed E-state index contributed by atoms with van der Waals surface area (Å²) >= 11 is 1.34. The van der Waals surface area contributed by atoms with Gasteiger partial charge in [-0.2, -0.15) is 0 Å². The quantitative estimate of drug-likeness (QED) is 0.502. The summed E-state index contributed by atoms with van der Waals surface area (Å²) in [5, 5.41) is 0. The van der Waals surface area contributed by atoms with E-state index in [1.54, 1.807) is 0 Å². The molecular weight excluding hydrogens is 241 g/mol. The Kier molecular flexibility index (Phi) is 4.03. The normalized spacial score (nSPS) is 11.4. The van der Waals surface area contributed by atoms with Crippen molar-refractivity contribution in [3.8, 4) is 0 Å². The molecule has 0 atom stereocenters. The molecule has 0 aliphatic rings. The van der Waals surface area contributed by atoms with Gasteiger partial charge >= 0.3 is 5.97 Å².